The lowest BCUT2D eigenvalue weighted by Gasteiger charge is -2.22. The van der Waals surface area contributed by atoms with Gasteiger partial charge in [0.05, 0.1) is 12.5 Å². The molecular weight excluding hydrogens is 198 g/mol. The fourth-order valence-corrected chi connectivity index (χ4v) is 1.52. The van der Waals surface area contributed by atoms with Crippen LogP contribution in [0, 0.1) is 5.92 Å². The Bertz CT molecular complexity index is 239. The molecule has 0 aromatic carbocycles. The number of amides is 2. The van der Waals surface area contributed by atoms with Gasteiger partial charge in [-0.25, -0.2) is 0 Å². The Morgan fingerprint density at radius 2 is 2.33 bits per heavy atom. The maximum atomic E-state index is 11.5. The molecule has 1 aliphatic heterocycles. The number of nitrogens with two attached hydrogens (primary N) is 1. The molecule has 1 unspecified atom stereocenters. The van der Waals surface area contributed by atoms with E-state index in [-0.39, 0.29) is 18.4 Å². The van der Waals surface area contributed by atoms with Crippen LogP contribution in [-0.2, 0) is 9.59 Å². The van der Waals surface area contributed by atoms with Gasteiger partial charge in [0.1, 0.15) is 6.10 Å². The van der Waals surface area contributed by atoms with E-state index in [1.54, 1.807) is 0 Å². The average molecular weight is 215 g/mol. The Labute approximate surface area is 88.2 Å². The first kappa shape index (κ1) is 11.9. The molecule has 1 heterocycles. The van der Waals surface area contributed by atoms with Gasteiger partial charge in [0.15, 0.2) is 0 Å². The standard InChI is InChI=1S/C9H17N3O3/c10-8(14)7(13)5-12-9(15)6-2-1-3-11-4-6/h6-7,11,13H,1-5H2,(H2,10,14)(H,12,15)/t6-,7?/m1/s1. The maximum absolute atomic E-state index is 11.5. The van der Waals surface area contributed by atoms with Gasteiger partial charge in [0.2, 0.25) is 11.8 Å². The summed E-state index contributed by atoms with van der Waals surface area (Å²) in [6, 6.07) is 0. The first-order valence-corrected chi connectivity index (χ1v) is 5.07. The molecule has 1 aliphatic rings. The van der Waals surface area contributed by atoms with Crippen LogP contribution in [-0.4, -0.2) is 42.7 Å². The highest BCUT2D eigenvalue weighted by Gasteiger charge is 2.21. The average Bonchev–Trinajstić information content (AvgIpc) is 2.26. The maximum Gasteiger partial charge on any atom is 0.248 e. The zero-order chi connectivity index (χ0) is 11.3. The highest BCUT2D eigenvalue weighted by atomic mass is 16.3. The van der Waals surface area contributed by atoms with Crippen molar-refractivity contribution in [3.63, 3.8) is 0 Å². The van der Waals surface area contributed by atoms with E-state index in [2.05, 4.69) is 10.6 Å². The molecular formula is C9H17N3O3. The van der Waals surface area contributed by atoms with Crippen LogP contribution in [0.2, 0.25) is 0 Å². The minimum Gasteiger partial charge on any atom is -0.381 e. The van der Waals surface area contributed by atoms with Crippen LogP contribution in [0.25, 0.3) is 0 Å². The van der Waals surface area contributed by atoms with Crippen LogP contribution in [0.3, 0.4) is 0 Å². The van der Waals surface area contributed by atoms with Crippen molar-refractivity contribution in [2.24, 2.45) is 11.7 Å². The molecule has 0 aromatic rings. The van der Waals surface area contributed by atoms with Gasteiger partial charge in [-0.2, -0.15) is 0 Å². The predicted molar refractivity (Wildman–Crippen MR) is 53.8 cm³/mol. The number of carbonyl (C=O) groups is 2. The number of rotatable bonds is 4. The molecule has 2 atom stereocenters. The molecule has 0 aliphatic carbocycles. The van der Waals surface area contributed by atoms with E-state index in [0.717, 1.165) is 19.4 Å². The summed E-state index contributed by atoms with van der Waals surface area (Å²) in [4.78, 5) is 22.0. The van der Waals surface area contributed by atoms with Crippen LogP contribution < -0.4 is 16.4 Å². The topological polar surface area (TPSA) is 104 Å². The molecule has 1 rings (SSSR count). The molecule has 0 radical (unpaired) electrons. The first-order chi connectivity index (χ1) is 7.11. The summed E-state index contributed by atoms with van der Waals surface area (Å²) in [7, 11) is 0. The lowest BCUT2D eigenvalue weighted by atomic mass is 9.99. The molecule has 0 aromatic heterocycles. The van der Waals surface area contributed by atoms with Crippen LogP contribution >= 0.6 is 0 Å². The van der Waals surface area contributed by atoms with Crippen molar-refractivity contribution in [3.05, 3.63) is 0 Å². The summed E-state index contributed by atoms with van der Waals surface area (Å²) in [5, 5.41) is 14.7. The summed E-state index contributed by atoms with van der Waals surface area (Å²) in [5.41, 5.74) is 4.85. The lowest BCUT2D eigenvalue weighted by Crippen LogP contribution is -2.45. The van der Waals surface area contributed by atoms with Gasteiger partial charge in [-0.3, -0.25) is 9.59 Å². The molecule has 6 nitrogen and oxygen atoms in total. The number of hydrogen-bond donors (Lipinski definition) is 4. The molecule has 0 spiro atoms. The van der Waals surface area contributed by atoms with Crippen LogP contribution in [0.4, 0.5) is 0 Å². The Morgan fingerprint density at radius 3 is 2.87 bits per heavy atom. The fourth-order valence-electron chi connectivity index (χ4n) is 1.52. The van der Waals surface area contributed by atoms with Crippen LogP contribution in [0.15, 0.2) is 0 Å². The highest BCUT2D eigenvalue weighted by Crippen LogP contribution is 2.09. The third-order valence-electron chi connectivity index (χ3n) is 2.47. The second-order valence-electron chi connectivity index (χ2n) is 3.71. The minimum atomic E-state index is -1.30. The molecule has 0 saturated carbocycles. The van der Waals surface area contributed by atoms with E-state index in [0.29, 0.717) is 6.54 Å². The van der Waals surface area contributed by atoms with Crippen molar-refractivity contribution >= 4 is 11.8 Å². The molecule has 1 fully saturated rings. The van der Waals surface area contributed by atoms with Crippen molar-refractivity contribution in [1.29, 1.82) is 0 Å². The second kappa shape index (κ2) is 5.67. The molecule has 6 heteroatoms. The van der Waals surface area contributed by atoms with Gasteiger partial charge in [0.25, 0.3) is 0 Å². The normalized spacial score (nSPS) is 23.1. The molecule has 1 saturated heterocycles. The van der Waals surface area contributed by atoms with Gasteiger partial charge in [-0.05, 0) is 19.4 Å². The lowest BCUT2D eigenvalue weighted by molar-refractivity contribution is -0.128. The van der Waals surface area contributed by atoms with Gasteiger partial charge in [-0.1, -0.05) is 0 Å². The van der Waals surface area contributed by atoms with Crippen LogP contribution in [0.1, 0.15) is 12.8 Å². The summed E-state index contributed by atoms with van der Waals surface area (Å²) >= 11 is 0. The van der Waals surface area contributed by atoms with E-state index >= 15 is 0 Å². The van der Waals surface area contributed by atoms with Crippen LogP contribution in [0.5, 0.6) is 0 Å². The summed E-state index contributed by atoms with van der Waals surface area (Å²) in [6.45, 7) is 1.48. The number of nitrogens with one attached hydrogen (secondary N) is 2. The van der Waals surface area contributed by atoms with E-state index in [1.807, 2.05) is 0 Å². The number of aliphatic hydroxyl groups excluding tert-OH is 1. The molecule has 2 amide bonds. The largest absolute Gasteiger partial charge is 0.381 e. The van der Waals surface area contributed by atoms with Crippen molar-refractivity contribution < 1.29 is 14.7 Å². The number of carbonyl (C=O) groups excluding carboxylic acids is 2. The van der Waals surface area contributed by atoms with Crippen molar-refractivity contribution in [2.45, 2.75) is 18.9 Å². The number of piperidine rings is 1. The Hall–Kier alpha value is -1.14. The zero-order valence-electron chi connectivity index (χ0n) is 8.53. The van der Waals surface area contributed by atoms with Gasteiger partial charge >= 0.3 is 0 Å². The van der Waals surface area contributed by atoms with Crippen molar-refractivity contribution in [2.75, 3.05) is 19.6 Å². The van der Waals surface area contributed by atoms with Crippen molar-refractivity contribution in [1.82, 2.24) is 10.6 Å². The minimum absolute atomic E-state index is 0.0705. The van der Waals surface area contributed by atoms with Crippen molar-refractivity contribution in [3.8, 4) is 0 Å². The number of primary amides is 1. The molecule has 15 heavy (non-hydrogen) atoms. The Balaban J connectivity index is 2.25. The smallest absolute Gasteiger partial charge is 0.248 e. The van der Waals surface area contributed by atoms with Gasteiger partial charge in [0, 0.05) is 6.54 Å². The quantitative estimate of drug-likeness (QED) is 0.433. The fraction of sp³-hybridized carbons (Fsp3) is 0.778. The van der Waals surface area contributed by atoms with E-state index in [4.69, 9.17) is 10.8 Å². The molecule has 5 N–H and O–H groups in total. The molecule has 0 bridgehead atoms. The molecule has 86 valence electrons. The zero-order valence-corrected chi connectivity index (χ0v) is 8.53. The van der Waals surface area contributed by atoms with E-state index < -0.39 is 12.0 Å². The highest BCUT2D eigenvalue weighted by molar-refractivity contribution is 5.82. The summed E-state index contributed by atoms with van der Waals surface area (Å²) in [5.74, 6) is -1.03. The summed E-state index contributed by atoms with van der Waals surface area (Å²) in [6.07, 6.45) is 0.507. The monoisotopic (exact) mass is 215 g/mol. The summed E-state index contributed by atoms with van der Waals surface area (Å²) < 4.78 is 0. The predicted octanol–water partition coefficient (Wildman–Crippen LogP) is -2.05. The Morgan fingerprint density at radius 1 is 1.60 bits per heavy atom. The first-order valence-electron chi connectivity index (χ1n) is 5.07. The Kier molecular flexibility index (Phi) is 4.51. The third kappa shape index (κ3) is 3.85. The number of aliphatic hydroxyl groups is 1. The second-order valence-corrected chi connectivity index (χ2v) is 3.71. The van der Waals surface area contributed by atoms with E-state index in [9.17, 15) is 9.59 Å². The third-order valence-corrected chi connectivity index (χ3v) is 2.47. The van der Waals surface area contributed by atoms with Gasteiger partial charge < -0.3 is 21.5 Å². The number of hydrogen-bond acceptors (Lipinski definition) is 4. The van der Waals surface area contributed by atoms with Gasteiger partial charge in [-0.15, -0.1) is 0 Å². The SMILES string of the molecule is NC(=O)C(O)CNC(=O)[C@@H]1CCCNC1. The van der Waals surface area contributed by atoms with E-state index in [1.165, 1.54) is 0 Å².